The van der Waals surface area contributed by atoms with E-state index in [9.17, 15) is 13.2 Å². The lowest BCUT2D eigenvalue weighted by Crippen LogP contribution is -2.48. The molecular weight excluding hydrogens is 422 g/mol. The molecule has 1 amide bonds. The molecule has 2 aromatic rings. The second-order valence-corrected chi connectivity index (χ2v) is 10.3. The summed E-state index contributed by atoms with van der Waals surface area (Å²) >= 11 is 6.14. The van der Waals surface area contributed by atoms with E-state index in [1.54, 1.807) is 27.4 Å². The van der Waals surface area contributed by atoms with Crippen LogP contribution in [0.5, 0.6) is 0 Å². The van der Waals surface area contributed by atoms with Crippen LogP contribution in [0.15, 0.2) is 41.3 Å². The molecule has 0 N–H and O–H groups in total. The highest BCUT2D eigenvalue weighted by atomic mass is 35.5. The Labute approximate surface area is 183 Å². The summed E-state index contributed by atoms with van der Waals surface area (Å²) in [6, 6.07) is 10.8. The molecule has 0 unspecified atom stereocenters. The van der Waals surface area contributed by atoms with Crippen LogP contribution in [-0.4, -0.2) is 51.4 Å². The van der Waals surface area contributed by atoms with Crippen molar-refractivity contribution in [2.45, 2.75) is 31.6 Å². The summed E-state index contributed by atoms with van der Waals surface area (Å²) in [6.07, 6.45) is 1.39. The Balaban J connectivity index is 1.50. The van der Waals surface area contributed by atoms with Crippen LogP contribution in [0.4, 0.5) is 11.4 Å². The maximum atomic E-state index is 13.2. The van der Waals surface area contributed by atoms with Crippen molar-refractivity contribution in [1.82, 2.24) is 4.31 Å². The zero-order chi connectivity index (χ0) is 21.5. The van der Waals surface area contributed by atoms with Gasteiger partial charge in [-0.2, -0.15) is 4.31 Å². The van der Waals surface area contributed by atoms with Crippen molar-refractivity contribution in [1.29, 1.82) is 0 Å². The maximum absolute atomic E-state index is 13.2. The molecule has 2 saturated heterocycles. The van der Waals surface area contributed by atoms with Crippen LogP contribution in [0, 0.1) is 13.8 Å². The van der Waals surface area contributed by atoms with E-state index < -0.39 is 10.0 Å². The number of halogens is 1. The zero-order valence-electron chi connectivity index (χ0n) is 17.3. The van der Waals surface area contributed by atoms with Crippen LogP contribution in [0.25, 0.3) is 0 Å². The third-order valence-corrected chi connectivity index (χ3v) is 8.05. The van der Waals surface area contributed by atoms with Crippen LogP contribution in [-0.2, 0) is 14.8 Å². The first-order valence-corrected chi connectivity index (χ1v) is 12.0. The Kier molecular flexibility index (Phi) is 5.79. The highest BCUT2D eigenvalue weighted by molar-refractivity contribution is 7.89. The molecule has 160 valence electrons. The van der Waals surface area contributed by atoms with Gasteiger partial charge in [0.05, 0.1) is 4.90 Å². The van der Waals surface area contributed by atoms with Gasteiger partial charge in [0, 0.05) is 55.5 Å². The minimum atomic E-state index is -3.59. The van der Waals surface area contributed by atoms with Gasteiger partial charge in [-0.15, -0.1) is 0 Å². The molecule has 0 bridgehead atoms. The Morgan fingerprint density at radius 3 is 2.23 bits per heavy atom. The van der Waals surface area contributed by atoms with Gasteiger partial charge >= 0.3 is 0 Å². The Morgan fingerprint density at radius 1 is 0.867 bits per heavy atom. The van der Waals surface area contributed by atoms with Crippen molar-refractivity contribution in [3.05, 3.63) is 52.5 Å². The van der Waals surface area contributed by atoms with Crippen molar-refractivity contribution in [3.63, 3.8) is 0 Å². The second kappa shape index (κ2) is 8.21. The monoisotopic (exact) mass is 447 g/mol. The summed E-state index contributed by atoms with van der Waals surface area (Å²) in [7, 11) is -3.59. The summed E-state index contributed by atoms with van der Waals surface area (Å²) in [5, 5.41) is 0.678. The predicted molar refractivity (Wildman–Crippen MR) is 120 cm³/mol. The van der Waals surface area contributed by atoms with Gasteiger partial charge in [0.2, 0.25) is 15.9 Å². The number of carbonyl (C=O) groups is 1. The van der Waals surface area contributed by atoms with E-state index in [1.165, 1.54) is 0 Å². The van der Waals surface area contributed by atoms with E-state index >= 15 is 0 Å². The summed E-state index contributed by atoms with van der Waals surface area (Å²) in [4.78, 5) is 16.2. The molecule has 0 spiro atoms. The van der Waals surface area contributed by atoms with Crippen molar-refractivity contribution in [2.75, 3.05) is 42.5 Å². The minimum absolute atomic E-state index is 0.0983. The second-order valence-electron chi connectivity index (χ2n) is 7.92. The van der Waals surface area contributed by atoms with E-state index in [4.69, 9.17) is 11.6 Å². The number of anilines is 2. The first-order valence-electron chi connectivity index (χ1n) is 10.2. The molecule has 30 heavy (non-hydrogen) atoms. The number of nitrogens with zero attached hydrogens (tertiary/aromatic N) is 3. The molecule has 0 aromatic heterocycles. The minimum Gasteiger partial charge on any atom is -0.369 e. The van der Waals surface area contributed by atoms with E-state index in [0.717, 1.165) is 28.9 Å². The molecule has 2 aromatic carbocycles. The molecule has 0 radical (unpaired) electrons. The van der Waals surface area contributed by atoms with E-state index in [0.29, 0.717) is 44.2 Å². The van der Waals surface area contributed by atoms with Crippen LogP contribution in [0.1, 0.15) is 24.0 Å². The fraction of sp³-hybridized carbons (Fsp3) is 0.409. The van der Waals surface area contributed by atoms with Crippen LogP contribution in [0.2, 0.25) is 5.02 Å². The van der Waals surface area contributed by atoms with Crippen LogP contribution >= 0.6 is 11.6 Å². The number of amides is 1. The van der Waals surface area contributed by atoms with Gasteiger partial charge in [0.1, 0.15) is 0 Å². The van der Waals surface area contributed by atoms with Crippen molar-refractivity contribution in [2.24, 2.45) is 0 Å². The Morgan fingerprint density at radius 2 is 1.60 bits per heavy atom. The smallest absolute Gasteiger partial charge is 0.243 e. The molecule has 2 aliphatic rings. The van der Waals surface area contributed by atoms with E-state index in [1.807, 2.05) is 32.0 Å². The molecule has 2 heterocycles. The average molecular weight is 448 g/mol. The lowest BCUT2D eigenvalue weighted by Gasteiger charge is -2.36. The zero-order valence-corrected chi connectivity index (χ0v) is 18.8. The van der Waals surface area contributed by atoms with Gasteiger partial charge in [0.25, 0.3) is 0 Å². The van der Waals surface area contributed by atoms with Crippen LogP contribution in [0.3, 0.4) is 0 Å². The van der Waals surface area contributed by atoms with Gasteiger partial charge in [-0.25, -0.2) is 8.42 Å². The number of piperazine rings is 1. The largest absolute Gasteiger partial charge is 0.369 e. The Bertz CT molecular complexity index is 1080. The number of sulfonamides is 1. The lowest BCUT2D eigenvalue weighted by atomic mass is 10.1. The highest BCUT2D eigenvalue weighted by Gasteiger charge is 2.30. The van der Waals surface area contributed by atoms with E-state index in [-0.39, 0.29) is 10.8 Å². The van der Waals surface area contributed by atoms with Crippen molar-refractivity contribution >= 4 is 38.9 Å². The molecule has 2 aliphatic heterocycles. The lowest BCUT2D eigenvalue weighted by molar-refractivity contribution is -0.117. The third-order valence-electron chi connectivity index (χ3n) is 5.92. The summed E-state index contributed by atoms with van der Waals surface area (Å²) < 4.78 is 28.0. The number of benzene rings is 2. The molecule has 6 nitrogen and oxygen atoms in total. The van der Waals surface area contributed by atoms with Crippen LogP contribution < -0.4 is 9.80 Å². The summed E-state index contributed by atoms with van der Waals surface area (Å²) in [5.41, 5.74) is 3.78. The van der Waals surface area contributed by atoms with Gasteiger partial charge in [0.15, 0.2) is 0 Å². The average Bonchev–Trinajstić information content (AvgIpc) is 3.15. The maximum Gasteiger partial charge on any atom is 0.243 e. The summed E-state index contributed by atoms with van der Waals surface area (Å²) in [6.45, 7) is 6.64. The molecule has 2 fully saturated rings. The number of hydrogen-bond donors (Lipinski definition) is 0. The summed E-state index contributed by atoms with van der Waals surface area (Å²) in [5.74, 6) is 0.0983. The molecule has 0 atom stereocenters. The molecular formula is C22H26ClN3O3S. The Hall–Kier alpha value is -2.09. The first kappa shape index (κ1) is 21.2. The van der Waals surface area contributed by atoms with Gasteiger partial charge in [-0.05, 0) is 61.7 Å². The van der Waals surface area contributed by atoms with Gasteiger partial charge < -0.3 is 9.80 Å². The number of rotatable bonds is 4. The molecule has 0 aliphatic carbocycles. The van der Waals surface area contributed by atoms with Gasteiger partial charge in [-0.1, -0.05) is 17.7 Å². The molecule has 4 rings (SSSR count). The van der Waals surface area contributed by atoms with E-state index in [2.05, 4.69) is 4.90 Å². The fourth-order valence-corrected chi connectivity index (χ4v) is 5.91. The quantitative estimate of drug-likeness (QED) is 0.718. The third kappa shape index (κ3) is 3.94. The SMILES string of the molecule is Cc1ccc(Cl)cc1N1CCN(S(=O)(=O)c2ccc(N3CCCC3=O)c(C)c2)CC1. The first-order chi connectivity index (χ1) is 14.3. The van der Waals surface area contributed by atoms with Crippen molar-refractivity contribution < 1.29 is 13.2 Å². The predicted octanol–water partition coefficient (Wildman–Crippen LogP) is 3.59. The number of carbonyl (C=O) groups excluding carboxylic acids is 1. The van der Waals surface area contributed by atoms with Gasteiger partial charge in [-0.3, -0.25) is 4.79 Å². The normalized spacial score (nSPS) is 18.3. The fourth-order valence-electron chi connectivity index (χ4n) is 4.24. The molecule has 0 saturated carbocycles. The highest BCUT2D eigenvalue weighted by Crippen LogP contribution is 2.30. The molecule has 8 heteroatoms. The standard InChI is InChI=1S/C22H26ClN3O3S/c1-16-5-6-18(23)15-21(16)24-10-12-25(13-11-24)30(28,29)19-7-8-20(17(2)14-19)26-9-3-4-22(26)27/h5-8,14-15H,3-4,9-13H2,1-2H3. The topological polar surface area (TPSA) is 60.9 Å². The number of hydrogen-bond acceptors (Lipinski definition) is 4. The number of aryl methyl sites for hydroxylation is 2. The van der Waals surface area contributed by atoms with Crippen molar-refractivity contribution in [3.8, 4) is 0 Å².